The Morgan fingerprint density at radius 3 is 2.26 bits per heavy atom. The first-order valence-corrected chi connectivity index (χ1v) is 7.38. The highest BCUT2D eigenvalue weighted by molar-refractivity contribution is 9.10. The van der Waals surface area contributed by atoms with Gasteiger partial charge >= 0.3 is 0 Å². The van der Waals surface area contributed by atoms with Gasteiger partial charge in [0.2, 0.25) is 5.75 Å². The van der Waals surface area contributed by atoms with Crippen molar-refractivity contribution in [2.24, 2.45) is 5.10 Å². The number of amides is 1. The van der Waals surface area contributed by atoms with Crippen LogP contribution < -0.4 is 14.9 Å². The number of carbonyl (C=O) groups excluding carboxylic acids is 1. The molecule has 0 bridgehead atoms. The second-order valence-corrected chi connectivity index (χ2v) is 5.40. The third kappa shape index (κ3) is 4.23. The van der Waals surface area contributed by atoms with E-state index < -0.39 is 0 Å². The predicted molar refractivity (Wildman–Crippen MR) is 90.4 cm³/mol. The molecule has 0 aromatic heterocycles. The van der Waals surface area contributed by atoms with E-state index in [1.165, 1.54) is 20.4 Å². The van der Waals surface area contributed by atoms with Crippen molar-refractivity contribution >= 4 is 28.1 Å². The van der Waals surface area contributed by atoms with Crippen LogP contribution in [0, 0.1) is 0 Å². The van der Waals surface area contributed by atoms with Crippen LogP contribution in [0.3, 0.4) is 0 Å². The molecular weight excluding hydrogens is 364 g/mol. The van der Waals surface area contributed by atoms with E-state index in [2.05, 4.69) is 26.5 Å². The third-order valence-electron chi connectivity index (χ3n) is 2.99. The second kappa shape index (κ2) is 7.64. The summed E-state index contributed by atoms with van der Waals surface area (Å²) >= 11 is 3.31. The van der Waals surface area contributed by atoms with Gasteiger partial charge in [0.1, 0.15) is 0 Å². The maximum absolute atomic E-state index is 11.9. The van der Waals surface area contributed by atoms with Gasteiger partial charge in [0.05, 0.1) is 20.4 Å². The van der Waals surface area contributed by atoms with E-state index >= 15 is 0 Å². The molecule has 7 heteroatoms. The van der Waals surface area contributed by atoms with Gasteiger partial charge in [0.25, 0.3) is 5.91 Å². The summed E-state index contributed by atoms with van der Waals surface area (Å²) in [5.41, 5.74) is 3.52. The number of ether oxygens (including phenoxy) is 2. The monoisotopic (exact) mass is 378 g/mol. The van der Waals surface area contributed by atoms with Crippen LogP contribution in [-0.2, 0) is 0 Å². The van der Waals surface area contributed by atoms with E-state index in [9.17, 15) is 9.90 Å². The fourth-order valence-corrected chi connectivity index (χ4v) is 2.08. The Morgan fingerprint density at radius 2 is 1.74 bits per heavy atom. The Hall–Kier alpha value is -2.54. The summed E-state index contributed by atoms with van der Waals surface area (Å²) in [5.74, 6) is 0.0904. The number of phenols is 1. The standard InChI is InChI=1S/C16H15BrN2O4/c1-22-13-7-10(8-14(23-2)15(13)20)9-18-19-16(21)11-3-5-12(17)6-4-11/h3-9,20H,1-2H3,(H,19,21). The van der Waals surface area contributed by atoms with Crippen LogP contribution >= 0.6 is 15.9 Å². The number of carbonyl (C=O) groups is 1. The van der Waals surface area contributed by atoms with E-state index in [1.54, 1.807) is 36.4 Å². The molecule has 0 unspecified atom stereocenters. The van der Waals surface area contributed by atoms with E-state index in [0.717, 1.165) is 4.47 Å². The number of hydrogen-bond donors (Lipinski definition) is 2. The van der Waals surface area contributed by atoms with Gasteiger partial charge in [0.15, 0.2) is 11.5 Å². The summed E-state index contributed by atoms with van der Waals surface area (Å²) in [6.45, 7) is 0. The van der Waals surface area contributed by atoms with Gasteiger partial charge < -0.3 is 14.6 Å². The molecule has 0 saturated heterocycles. The molecule has 2 rings (SSSR count). The molecule has 6 nitrogen and oxygen atoms in total. The number of aromatic hydroxyl groups is 1. The fourth-order valence-electron chi connectivity index (χ4n) is 1.82. The zero-order valence-corrected chi connectivity index (χ0v) is 14.1. The Balaban J connectivity index is 2.11. The molecule has 0 fully saturated rings. The lowest BCUT2D eigenvalue weighted by atomic mass is 10.2. The van der Waals surface area contributed by atoms with Gasteiger partial charge in [-0.1, -0.05) is 15.9 Å². The lowest BCUT2D eigenvalue weighted by molar-refractivity contribution is 0.0955. The van der Waals surface area contributed by atoms with Gasteiger partial charge in [-0.15, -0.1) is 0 Å². The summed E-state index contributed by atoms with van der Waals surface area (Å²) in [7, 11) is 2.87. The van der Waals surface area contributed by atoms with Crippen LogP contribution in [0.2, 0.25) is 0 Å². The van der Waals surface area contributed by atoms with Crippen LogP contribution in [-0.4, -0.2) is 31.4 Å². The predicted octanol–water partition coefficient (Wildman–Crippen LogP) is 2.94. The highest BCUT2D eigenvalue weighted by Gasteiger charge is 2.10. The van der Waals surface area contributed by atoms with Gasteiger partial charge in [0, 0.05) is 15.6 Å². The molecule has 1 amide bonds. The zero-order valence-electron chi connectivity index (χ0n) is 12.5. The molecular formula is C16H15BrN2O4. The lowest BCUT2D eigenvalue weighted by Crippen LogP contribution is -2.17. The van der Waals surface area contributed by atoms with E-state index in [1.807, 2.05) is 0 Å². The van der Waals surface area contributed by atoms with Gasteiger partial charge in [-0.25, -0.2) is 5.43 Å². The van der Waals surface area contributed by atoms with Crippen molar-refractivity contribution in [3.63, 3.8) is 0 Å². The maximum Gasteiger partial charge on any atom is 0.271 e. The van der Waals surface area contributed by atoms with Crippen molar-refractivity contribution in [2.75, 3.05) is 14.2 Å². The second-order valence-electron chi connectivity index (χ2n) is 4.48. The minimum atomic E-state index is -0.327. The number of hydrazone groups is 1. The minimum absolute atomic E-state index is 0.0916. The Labute approximate surface area is 141 Å². The van der Waals surface area contributed by atoms with E-state index in [-0.39, 0.29) is 23.2 Å². The maximum atomic E-state index is 11.9. The third-order valence-corrected chi connectivity index (χ3v) is 3.52. The Morgan fingerprint density at radius 1 is 1.17 bits per heavy atom. The number of hydrogen-bond acceptors (Lipinski definition) is 5. The topological polar surface area (TPSA) is 80.2 Å². The number of phenolic OH excluding ortho intramolecular Hbond substituents is 1. The van der Waals surface area contributed by atoms with Gasteiger partial charge in [-0.3, -0.25) is 4.79 Å². The summed E-state index contributed by atoms with van der Waals surface area (Å²) < 4.78 is 11.0. The molecule has 0 atom stereocenters. The van der Waals surface area contributed by atoms with Crippen molar-refractivity contribution in [3.8, 4) is 17.2 Å². The van der Waals surface area contributed by atoms with Crippen LogP contribution in [0.5, 0.6) is 17.2 Å². The first-order chi connectivity index (χ1) is 11.0. The molecule has 0 aliphatic carbocycles. The van der Waals surface area contributed by atoms with Gasteiger partial charge in [-0.2, -0.15) is 5.10 Å². The number of nitrogens with zero attached hydrogens (tertiary/aromatic N) is 1. The number of rotatable bonds is 5. The van der Waals surface area contributed by atoms with Crippen molar-refractivity contribution < 1.29 is 19.4 Å². The summed E-state index contributed by atoms with van der Waals surface area (Å²) in [6, 6.07) is 10.1. The van der Waals surface area contributed by atoms with E-state index in [4.69, 9.17) is 9.47 Å². The minimum Gasteiger partial charge on any atom is -0.502 e. The van der Waals surface area contributed by atoms with Crippen molar-refractivity contribution in [2.45, 2.75) is 0 Å². The average molecular weight is 379 g/mol. The zero-order chi connectivity index (χ0) is 16.8. The fraction of sp³-hybridized carbons (Fsp3) is 0.125. The van der Waals surface area contributed by atoms with Crippen LogP contribution in [0.4, 0.5) is 0 Å². The lowest BCUT2D eigenvalue weighted by Gasteiger charge is -2.09. The molecule has 0 saturated carbocycles. The average Bonchev–Trinajstić information content (AvgIpc) is 2.56. The molecule has 23 heavy (non-hydrogen) atoms. The molecule has 0 radical (unpaired) electrons. The number of benzene rings is 2. The van der Waals surface area contributed by atoms with Crippen molar-refractivity contribution in [1.82, 2.24) is 5.43 Å². The number of halogens is 1. The summed E-state index contributed by atoms with van der Waals surface area (Å²) in [5, 5.41) is 13.7. The largest absolute Gasteiger partial charge is 0.502 e. The quantitative estimate of drug-likeness (QED) is 0.619. The van der Waals surface area contributed by atoms with Gasteiger partial charge in [-0.05, 0) is 36.4 Å². The van der Waals surface area contributed by atoms with E-state index in [0.29, 0.717) is 11.1 Å². The molecule has 0 aliphatic rings. The van der Waals surface area contributed by atoms with Crippen molar-refractivity contribution in [1.29, 1.82) is 0 Å². The SMILES string of the molecule is COc1cc(C=NNC(=O)c2ccc(Br)cc2)cc(OC)c1O. The molecule has 0 heterocycles. The van der Waals surface area contributed by atoms with Crippen LogP contribution in [0.15, 0.2) is 46.0 Å². The first kappa shape index (κ1) is 16.8. The number of methoxy groups -OCH3 is 2. The molecule has 2 N–H and O–H groups in total. The highest BCUT2D eigenvalue weighted by atomic mass is 79.9. The number of nitrogens with one attached hydrogen (secondary N) is 1. The van der Waals surface area contributed by atoms with Crippen LogP contribution in [0.25, 0.3) is 0 Å². The van der Waals surface area contributed by atoms with Crippen LogP contribution in [0.1, 0.15) is 15.9 Å². The normalized spacial score (nSPS) is 10.6. The molecule has 0 spiro atoms. The van der Waals surface area contributed by atoms with Crippen molar-refractivity contribution in [3.05, 3.63) is 52.0 Å². The molecule has 2 aromatic rings. The summed E-state index contributed by atoms with van der Waals surface area (Å²) in [4.78, 5) is 11.9. The molecule has 120 valence electrons. The highest BCUT2D eigenvalue weighted by Crippen LogP contribution is 2.36. The Kier molecular flexibility index (Phi) is 5.59. The summed E-state index contributed by atoms with van der Waals surface area (Å²) in [6.07, 6.45) is 1.43. The Bertz CT molecular complexity index is 704. The molecule has 2 aromatic carbocycles. The molecule has 0 aliphatic heterocycles. The smallest absolute Gasteiger partial charge is 0.271 e. The first-order valence-electron chi connectivity index (χ1n) is 6.59.